The first-order valence-corrected chi connectivity index (χ1v) is 6.53. The van der Waals surface area contributed by atoms with Crippen molar-refractivity contribution in [2.24, 2.45) is 0 Å². The topological polar surface area (TPSA) is 56.2 Å². The fourth-order valence-electron chi connectivity index (χ4n) is 2.17. The largest absolute Gasteiger partial charge is 0.421 e. The first-order valence-electron chi connectivity index (χ1n) is 6.53. The normalized spacial score (nSPS) is 10.9. The van der Waals surface area contributed by atoms with Crippen LogP contribution in [0.5, 0.6) is 0 Å². The van der Waals surface area contributed by atoms with Crippen LogP contribution in [-0.4, -0.2) is 0 Å². The molecule has 0 aliphatic rings. The van der Waals surface area contributed by atoms with Gasteiger partial charge in [-0.15, -0.1) is 0 Å². The van der Waals surface area contributed by atoms with Gasteiger partial charge in [0.05, 0.1) is 5.69 Å². The van der Waals surface area contributed by atoms with Gasteiger partial charge in [-0.3, -0.25) is 0 Å². The van der Waals surface area contributed by atoms with Gasteiger partial charge in [-0.05, 0) is 36.6 Å². The highest BCUT2D eigenvalue weighted by Crippen LogP contribution is 2.22. The van der Waals surface area contributed by atoms with Crippen molar-refractivity contribution in [3.63, 3.8) is 0 Å². The quantitative estimate of drug-likeness (QED) is 0.498. The molecular weight excluding hydrogens is 226 g/mol. The number of hydrogen-bond acceptors (Lipinski definition) is 3. The third kappa shape index (κ3) is 2.92. The van der Waals surface area contributed by atoms with Gasteiger partial charge in [0.15, 0.2) is 5.58 Å². The molecule has 2 rings (SSSR count). The molecule has 0 amide bonds. The summed E-state index contributed by atoms with van der Waals surface area (Å²) in [5.74, 6) is 0. The van der Waals surface area contributed by atoms with E-state index in [1.165, 1.54) is 37.3 Å². The lowest BCUT2D eigenvalue weighted by Gasteiger charge is -2.05. The van der Waals surface area contributed by atoms with Crippen LogP contribution in [0.4, 0.5) is 5.69 Å². The van der Waals surface area contributed by atoms with E-state index in [9.17, 15) is 4.79 Å². The number of unbranched alkanes of at least 4 members (excludes halogenated alkanes) is 3. The number of nitrogens with two attached hydrogens (primary N) is 1. The van der Waals surface area contributed by atoms with Crippen molar-refractivity contribution >= 4 is 16.7 Å². The van der Waals surface area contributed by atoms with Gasteiger partial charge in [0.1, 0.15) is 0 Å². The molecule has 18 heavy (non-hydrogen) atoms. The number of rotatable bonds is 5. The maximum Gasteiger partial charge on any atom is 0.336 e. The lowest BCUT2D eigenvalue weighted by molar-refractivity contribution is 0.562. The molecule has 3 nitrogen and oxygen atoms in total. The number of benzene rings is 1. The van der Waals surface area contributed by atoms with Gasteiger partial charge >= 0.3 is 5.63 Å². The van der Waals surface area contributed by atoms with Crippen LogP contribution in [0, 0.1) is 0 Å². The summed E-state index contributed by atoms with van der Waals surface area (Å²) in [6.07, 6.45) is 5.97. The second-order valence-electron chi connectivity index (χ2n) is 4.67. The van der Waals surface area contributed by atoms with Gasteiger partial charge in [0.25, 0.3) is 0 Å². The van der Waals surface area contributed by atoms with Gasteiger partial charge in [0, 0.05) is 11.5 Å². The molecule has 96 valence electrons. The summed E-state index contributed by atoms with van der Waals surface area (Å²) in [6, 6.07) is 7.17. The van der Waals surface area contributed by atoms with Crippen LogP contribution in [0.2, 0.25) is 0 Å². The second kappa shape index (κ2) is 5.71. The van der Waals surface area contributed by atoms with Crippen molar-refractivity contribution in [2.45, 2.75) is 39.0 Å². The molecule has 1 aromatic carbocycles. The molecule has 0 aliphatic heterocycles. The molecule has 0 radical (unpaired) electrons. The molecule has 1 aromatic heterocycles. The number of aryl methyl sites for hydroxylation is 1. The molecule has 0 saturated carbocycles. The number of anilines is 1. The standard InChI is InChI=1S/C15H19NO2/c1-2-3-4-5-6-11-9-12-7-8-14(17)18-15(12)13(16)10-11/h7-10H,2-6,16H2,1H3. The van der Waals surface area contributed by atoms with Crippen LogP contribution in [0.3, 0.4) is 0 Å². The Balaban J connectivity index is 2.21. The molecule has 0 atom stereocenters. The minimum atomic E-state index is -0.357. The summed E-state index contributed by atoms with van der Waals surface area (Å²) in [7, 11) is 0. The Morgan fingerprint density at radius 1 is 1.17 bits per heavy atom. The first-order chi connectivity index (χ1) is 8.70. The van der Waals surface area contributed by atoms with Crippen molar-refractivity contribution in [3.05, 3.63) is 40.2 Å². The van der Waals surface area contributed by atoms with Crippen molar-refractivity contribution in [1.29, 1.82) is 0 Å². The van der Waals surface area contributed by atoms with E-state index in [-0.39, 0.29) is 5.63 Å². The fourth-order valence-corrected chi connectivity index (χ4v) is 2.17. The summed E-state index contributed by atoms with van der Waals surface area (Å²) >= 11 is 0. The highest BCUT2D eigenvalue weighted by Gasteiger charge is 2.04. The molecule has 3 heteroatoms. The Labute approximate surface area is 107 Å². The lowest BCUT2D eigenvalue weighted by atomic mass is 10.0. The number of hydrogen-bond donors (Lipinski definition) is 1. The number of nitrogen functional groups attached to an aromatic ring is 1. The fraction of sp³-hybridized carbons (Fsp3) is 0.400. The molecule has 2 aromatic rings. The van der Waals surface area contributed by atoms with Crippen molar-refractivity contribution < 1.29 is 4.42 Å². The van der Waals surface area contributed by atoms with E-state index < -0.39 is 0 Å². The van der Waals surface area contributed by atoms with E-state index in [4.69, 9.17) is 10.2 Å². The van der Waals surface area contributed by atoms with Crippen LogP contribution in [0.15, 0.2) is 33.5 Å². The highest BCUT2D eigenvalue weighted by atomic mass is 16.4. The third-order valence-electron chi connectivity index (χ3n) is 3.13. The Kier molecular flexibility index (Phi) is 4.03. The van der Waals surface area contributed by atoms with Crippen molar-refractivity contribution in [3.8, 4) is 0 Å². The maximum absolute atomic E-state index is 11.1. The van der Waals surface area contributed by atoms with Crippen LogP contribution in [0.1, 0.15) is 38.2 Å². The maximum atomic E-state index is 11.1. The van der Waals surface area contributed by atoms with E-state index in [2.05, 4.69) is 13.0 Å². The molecule has 0 saturated heterocycles. The Hall–Kier alpha value is -1.77. The minimum absolute atomic E-state index is 0.357. The Morgan fingerprint density at radius 3 is 2.78 bits per heavy atom. The number of fused-ring (bicyclic) bond motifs is 1. The predicted molar refractivity (Wildman–Crippen MR) is 74.7 cm³/mol. The minimum Gasteiger partial charge on any atom is -0.421 e. The van der Waals surface area contributed by atoms with Crippen LogP contribution in [-0.2, 0) is 6.42 Å². The summed E-state index contributed by atoms with van der Waals surface area (Å²) in [5.41, 5.74) is 7.83. The van der Waals surface area contributed by atoms with Gasteiger partial charge in [-0.1, -0.05) is 26.2 Å². The molecule has 2 N–H and O–H groups in total. The van der Waals surface area contributed by atoms with Crippen LogP contribution < -0.4 is 11.4 Å². The third-order valence-corrected chi connectivity index (χ3v) is 3.13. The summed E-state index contributed by atoms with van der Waals surface area (Å²) < 4.78 is 5.11. The average molecular weight is 245 g/mol. The molecule has 0 spiro atoms. The van der Waals surface area contributed by atoms with Crippen LogP contribution in [0.25, 0.3) is 11.0 Å². The lowest BCUT2D eigenvalue weighted by Crippen LogP contribution is -1.98. The zero-order valence-electron chi connectivity index (χ0n) is 10.7. The summed E-state index contributed by atoms with van der Waals surface area (Å²) in [4.78, 5) is 11.1. The zero-order valence-corrected chi connectivity index (χ0v) is 10.7. The van der Waals surface area contributed by atoms with E-state index in [1.54, 1.807) is 6.07 Å². The van der Waals surface area contributed by atoms with Gasteiger partial charge in [-0.2, -0.15) is 0 Å². The molecule has 0 bridgehead atoms. The van der Waals surface area contributed by atoms with Gasteiger partial charge in [0.2, 0.25) is 0 Å². The van der Waals surface area contributed by atoms with Crippen LogP contribution >= 0.6 is 0 Å². The monoisotopic (exact) mass is 245 g/mol. The molecule has 1 heterocycles. The van der Waals surface area contributed by atoms with Crippen molar-refractivity contribution in [1.82, 2.24) is 0 Å². The zero-order chi connectivity index (χ0) is 13.0. The van der Waals surface area contributed by atoms with Gasteiger partial charge < -0.3 is 10.2 Å². The summed E-state index contributed by atoms with van der Waals surface area (Å²) in [5, 5.41) is 0.903. The molecule has 0 aliphatic carbocycles. The van der Waals surface area contributed by atoms with Gasteiger partial charge in [-0.25, -0.2) is 4.79 Å². The van der Waals surface area contributed by atoms with E-state index in [0.717, 1.165) is 11.8 Å². The summed E-state index contributed by atoms with van der Waals surface area (Å²) in [6.45, 7) is 2.20. The smallest absolute Gasteiger partial charge is 0.336 e. The first kappa shape index (κ1) is 12.7. The predicted octanol–water partition coefficient (Wildman–Crippen LogP) is 3.50. The van der Waals surface area contributed by atoms with E-state index in [1.807, 2.05) is 6.07 Å². The molecule has 0 unspecified atom stereocenters. The SMILES string of the molecule is CCCCCCc1cc(N)c2oc(=O)ccc2c1. The average Bonchev–Trinajstić information content (AvgIpc) is 2.36. The van der Waals surface area contributed by atoms with Crippen molar-refractivity contribution in [2.75, 3.05) is 5.73 Å². The van der Waals surface area contributed by atoms with E-state index in [0.29, 0.717) is 11.3 Å². The Morgan fingerprint density at radius 2 is 2.00 bits per heavy atom. The van der Waals surface area contributed by atoms with E-state index >= 15 is 0 Å². The Bertz CT molecular complexity index is 587. The molecule has 0 fully saturated rings. The molecular formula is C15H19NO2. The highest BCUT2D eigenvalue weighted by molar-refractivity contribution is 5.87. The second-order valence-corrected chi connectivity index (χ2v) is 4.67.